The average Bonchev–Trinajstić information content (AvgIpc) is 2.49. The highest BCUT2D eigenvalue weighted by Gasteiger charge is 2.14. The lowest BCUT2D eigenvalue weighted by Gasteiger charge is -2.20. The van der Waals surface area contributed by atoms with E-state index < -0.39 is 0 Å². The third-order valence-electron chi connectivity index (χ3n) is 4.34. The Labute approximate surface area is 130 Å². The van der Waals surface area contributed by atoms with Crippen molar-refractivity contribution < 1.29 is 4.79 Å². The van der Waals surface area contributed by atoms with E-state index in [1.54, 1.807) is 0 Å². The summed E-state index contributed by atoms with van der Waals surface area (Å²) < 4.78 is 0. The summed E-state index contributed by atoms with van der Waals surface area (Å²) in [6.45, 7) is 2.26. The van der Waals surface area contributed by atoms with E-state index in [1.165, 1.54) is 77.0 Å². The fourth-order valence-corrected chi connectivity index (χ4v) is 4.20. The number of ketones is 1. The number of hydrogen-bond acceptors (Lipinski definition) is 2. The Morgan fingerprint density at radius 1 is 0.900 bits per heavy atom. The molecule has 0 unspecified atom stereocenters. The number of carbonyl (C=O) groups excluding carboxylic acids is 1. The zero-order valence-corrected chi connectivity index (χ0v) is 14.3. The van der Waals surface area contributed by atoms with Crippen molar-refractivity contribution in [2.75, 3.05) is 5.75 Å². The summed E-state index contributed by atoms with van der Waals surface area (Å²) in [7, 11) is 0. The van der Waals surface area contributed by atoms with E-state index in [2.05, 4.69) is 6.92 Å². The number of carbonyl (C=O) groups is 1. The molecule has 0 bridgehead atoms. The molecule has 1 fully saturated rings. The first-order valence-electron chi connectivity index (χ1n) is 8.96. The first-order chi connectivity index (χ1) is 9.83. The van der Waals surface area contributed by atoms with Gasteiger partial charge in [0.1, 0.15) is 5.78 Å². The molecule has 0 N–H and O–H groups in total. The Morgan fingerprint density at radius 3 is 2.15 bits per heavy atom. The van der Waals surface area contributed by atoms with E-state index in [0.717, 1.165) is 23.8 Å². The van der Waals surface area contributed by atoms with Crippen molar-refractivity contribution in [3.8, 4) is 0 Å². The van der Waals surface area contributed by atoms with Crippen LogP contribution in [0.2, 0.25) is 0 Å². The largest absolute Gasteiger partial charge is 0.299 e. The second-order valence-corrected chi connectivity index (χ2v) is 7.62. The number of thioether (sulfide) groups is 1. The van der Waals surface area contributed by atoms with Crippen LogP contribution in [0.15, 0.2) is 0 Å². The lowest BCUT2D eigenvalue weighted by atomic mass is 10.0. The van der Waals surface area contributed by atoms with Crippen molar-refractivity contribution in [2.24, 2.45) is 0 Å². The van der Waals surface area contributed by atoms with Crippen molar-refractivity contribution in [1.82, 2.24) is 0 Å². The molecule has 0 aromatic heterocycles. The smallest absolute Gasteiger partial charge is 0.142 e. The Bertz CT molecular complexity index is 234. The van der Waals surface area contributed by atoms with Crippen molar-refractivity contribution in [3.63, 3.8) is 0 Å². The van der Waals surface area contributed by atoms with E-state index in [4.69, 9.17) is 0 Å². The van der Waals surface area contributed by atoms with Crippen molar-refractivity contribution in [3.05, 3.63) is 0 Å². The van der Waals surface area contributed by atoms with Crippen LogP contribution in [0.25, 0.3) is 0 Å². The van der Waals surface area contributed by atoms with Gasteiger partial charge in [0.25, 0.3) is 0 Å². The molecule has 1 aliphatic carbocycles. The highest BCUT2D eigenvalue weighted by atomic mass is 32.2. The lowest BCUT2D eigenvalue weighted by Crippen LogP contribution is -2.12. The molecule has 118 valence electrons. The van der Waals surface area contributed by atoms with Gasteiger partial charge in [0.05, 0.1) is 5.75 Å². The third kappa shape index (κ3) is 9.85. The Morgan fingerprint density at radius 2 is 1.50 bits per heavy atom. The summed E-state index contributed by atoms with van der Waals surface area (Å²) in [6.07, 6.45) is 18.2. The molecule has 0 amide bonds. The molecule has 0 saturated heterocycles. The summed E-state index contributed by atoms with van der Waals surface area (Å²) in [5.74, 6) is 1.27. The molecule has 0 aromatic carbocycles. The molecule has 0 aliphatic heterocycles. The second-order valence-electron chi connectivity index (χ2n) is 6.33. The topological polar surface area (TPSA) is 17.1 Å². The minimum Gasteiger partial charge on any atom is -0.299 e. The van der Waals surface area contributed by atoms with Crippen LogP contribution in [0.3, 0.4) is 0 Å². The first kappa shape index (κ1) is 18.1. The summed E-state index contributed by atoms with van der Waals surface area (Å²) in [5, 5.41) is 0.784. The SMILES string of the molecule is CCCCCCCCCCC(=O)CSC1CCCCC1. The lowest BCUT2D eigenvalue weighted by molar-refractivity contribution is -0.116. The summed E-state index contributed by atoms with van der Waals surface area (Å²) in [6, 6.07) is 0. The normalized spacial score (nSPS) is 16.4. The second kappa shape index (κ2) is 12.7. The predicted molar refractivity (Wildman–Crippen MR) is 91.6 cm³/mol. The number of rotatable bonds is 12. The zero-order chi connectivity index (χ0) is 14.5. The van der Waals surface area contributed by atoms with Crippen molar-refractivity contribution in [1.29, 1.82) is 0 Å². The van der Waals surface area contributed by atoms with Crippen LogP contribution < -0.4 is 0 Å². The molecule has 1 saturated carbocycles. The van der Waals surface area contributed by atoms with Gasteiger partial charge in [-0.25, -0.2) is 0 Å². The van der Waals surface area contributed by atoms with Crippen LogP contribution in [0.4, 0.5) is 0 Å². The van der Waals surface area contributed by atoms with Gasteiger partial charge in [0, 0.05) is 11.7 Å². The van der Waals surface area contributed by atoms with Gasteiger partial charge in [0.2, 0.25) is 0 Å². The molecule has 0 radical (unpaired) electrons. The van der Waals surface area contributed by atoms with Gasteiger partial charge >= 0.3 is 0 Å². The molecule has 2 heteroatoms. The molecule has 20 heavy (non-hydrogen) atoms. The van der Waals surface area contributed by atoms with Gasteiger partial charge in [-0.2, -0.15) is 11.8 Å². The van der Waals surface area contributed by atoms with Crippen molar-refractivity contribution >= 4 is 17.5 Å². The predicted octanol–water partition coefficient (Wildman–Crippen LogP) is 6.15. The van der Waals surface area contributed by atoms with Crippen LogP contribution in [0.5, 0.6) is 0 Å². The molecular weight excluding hydrogens is 264 g/mol. The Hall–Kier alpha value is 0.0200. The minimum absolute atomic E-state index is 0.492. The van der Waals surface area contributed by atoms with Gasteiger partial charge in [0.15, 0.2) is 0 Å². The van der Waals surface area contributed by atoms with Crippen LogP contribution in [0.1, 0.15) is 96.8 Å². The van der Waals surface area contributed by atoms with Gasteiger partial charge in [-0.3, -0.25) is 4.79 Å². The van der Waals surface area contributed by atoms with Crippen LogP contribution in [-0.2, 0) is 4.79 Å². The van der Waals surface area contributed by atoms with Gasteiger partial charge in [-0.15, -0.1) is 0 Å². The summed E-state index contributed by atoms with van der Waals surface area (Å²) in [4.78, 5) is 11.8. The fourth-order valence-electron chi connectivity index (χ4n) is 2.97. The summed E-state index contributed by atoms with van der Waals surface area (Å²) in [5.41, 5.74) is 0. The maximum absolute atomic E-state index is 11.8. The van der Waals surface area contributed by atoms with E-state index >= 15 is 0 Å². The molecule has 0 spiro atoms. The molecule has 0 heterocycles. The maximum atomic E-state index is 11.8. The Kier molecular flexibility index (Phi) is 11.5. The van der Waals surface area contributed by atoms with E-state index in [9.17, 15) is 4.79 Å². The van der Waals surface area contributed by atoms with Crippen molar-refractivity contribution in [2.45, 2.75) is 102 Å². The standard InChI is InChI=1S/C18H34OS/c1-2-3-4-5-6-7-8-10-13-17(19)16-20-18-14-11-9-12-15-18/h18H,2-16H2,1H3. The number of hydrogen-bond donors (Lipinski definition) is 0. The number of unbranched alkanes of at least 4 members (excludes halogenated alkanes) is 7. The molecule has 1 nitrogen and oxygen atoms in total. The fraction of sp³-hybridized carbons (Fsp3) is 0.944. The summed E-state index contributed by atoms with van der Waals surface area (Å²) >= 11 is 1.93. The van der Waals surface area contributed by atoms with E-state index in [0.29, 0.717) is 5.78 Å². The van der Waals surface area contributed by atoms with Crippen LogP contribution >= 0.6 is 11.8 Å². The highest BCUT2D eigenvalue weighted by molar-refractivity contribution is 8.00. The Balaban J connectivity index is 1.84. The van der Waals surface area contributed by atoms with Crippen LogP contribution in [0, 0.1) is 0 Å². The molecule has 0 aromatic rings. The molecule has 1 rings (SSSR count). The first-order valence-corrected chi connectivity index (χ1v) is 10.0. The average molecular weight is 299 g/mol. The van der Waals surface area contributed by atoms with Gasteiger partial charge in [-0.1, -0.05) is 71.1 Å². The third-order valence-corrected chi connectivity index (χ3v) is 5.77. The van der Waals surface area contributed by atoms with E-state index in [1.807, 2.05) is 11.8 Å². The minimum atomic E-state index is 0.492. The molecular formula is C18H34OS. The van der Waals surface area contributed by atoms with E-state index in [-0.39, 0.29) is 0 Å². The molecule has 1 aliphatic rings. The monoisotopic (exact) mass is 298 g/mol. The highest BCUT2D eigenvalue weighted by Crippen LogP contribution is 2.28. The van der Waals surface area contributed by atoms with Gasteiger partial charge in [-0.05, 0) is 19.3 Å². The zero-order valence-electron chi connectivity index (χ0n) is 13.5. The number of Topliss-reactive ketones (excluding diaryl/α,β-unsaturated/α-hetero) is 1. The maximum Gasteiger partial charge on any atom is 0.142 e. The quantitative estimate of drug-likeness (QED) is 0.402. The van der Waals surface area contributed by atoms with Gasteiger partial charge < -0.3 is 0 Å². The molecule has 0 atom stereocenters. The van der Waals surface area contributed by atoms with Crippen LogP contribution in [-0.4, -0.2) is 16.8 Å².